The van der Waals surface area contributed by atoms with E-state index in [9.17, 15) is 9.59 Å². The average molecular weight is 415 g/mol. The number of halogens is 1. The fraction of sp³-hybridized carbons (Fsp3) is 0.364. The second-order valence-electron chi connectivity index (χ2n) is 7.21. The topological polar surface area (TPSA) is 64.7 Å². The molecule has 3 rings (SSSR count). The molecule has 0 spiro atoms. The van der Waals surface area contributed by atoms with E-state index in [0.717, 1.165) is 43.3 Å². The highest BCUT2D eigenvalue weighted by Gasteiger charge is 2.18. The largest absolute Gasteiger partial charge is 0.334 e. The average Bonchev–Trinajstić information content (AvgIpc) is 2.73. The number of carbonyl (C=O) groups is 2. The lowest BCUT2D eigenvalue weighted by Crippen LogP contribution is -2.47. The van der Waals surface area contributed by atoms with Crippen molar-refractivity contribution < 1.29 is 9.59 Å². The Morgan fingerprint density at radius 1 is 0.897 bits per heavy atom. The predicted molar refractivity (Wildman–Crippen MR) is 115 cm³/mol. The summed E-state index contributed by atoms with van der Waals surface area (Å²) in [5.41, 5.74) is 2.21. The molecule has 0 aromatic heterocycles. The zero-order valence-corrected chi connectivity index (χ0v) is 17.2. The van der Waals surface area contributed by atoms with Gasteiger partial charge in [0.1, 0.15) is 0 Å². The molecule has 2 aromatic rings. The van der Waals surface area contributed by atoms with Gasteiger partial charge in [-0.3, -0.25) is 15.0 Å². The Kier molecular flexibility index (Phi) is 8.04. The van der Waals surface area contributed by atoms with Crippen LogP contribution in [0.5, 0.6) is 0 Å². The number of carbonyl (C=O) groups excluding carboxylic acids is 2. The van der Waals surface area contributed by atoms with Gasteiger partial charge in [0.15, 0.2) is 0 Å². The number of benzene rings is 2. The van der Waals surface area contributed by atoms with Gasteiger partial charge in [-0.2, -0.15) is 0 Å². The van der Waals surface area contributed by atoms with Gasteiger partial charge in [0.2, 0.25) is 5.91 Å². The third-order valence-corrected chi connectivity index (χ3v) is 5.20. The van der Waals surface area contributed by atoms with Crippen LogP contribution in [0.2, 0.25) is 5.02 Å². The van der Waals surface area contributed by atoms with Crippen molar-refractivity contribution in [2.45, 2.75) is 19.5 Å². The van der Waals surface area contributed by atoms with Gasteiger partial charge in [-0.05, 0) is 23.3 Å². The van der Waals surface area contributed by atoms with Crippen LogP contribution in [0.25, 0.3) is 0 Å². The third kappa shape index (κ3) is 7.49. The molecule has 0 unspecified atom stereocenters. The second kappa shape index (κ2) is 11.0. The molecule has 154 valence electrons. The van der Waals surface area contributed by atoms with Gasteiger partial charge >= 0.3 is 6.03 Å². The summed E-state index contributed by atoms with van der Waals surface area (Å²) in [4.78, 5) is 28.5. The number of urea groups is 1. The van der Waals surface area contributed by atoms with E-state index in [4.69, 9.17) is 11.6 Å². The number of piperazine rings is 1. The number of nitrogens with zero attached hydrogens (tertiary/aromatic N) is 2. The minimum absolute atomic E-state index is 0.253. The van der Waals surface area contributed by atoms with E-state index in [1.54, 1.807) is 0 Å². The van der Waals surface area contributed by atoms with Gasteiger partial charge in [0, 0.05) is 57.3 Å². The summed E-state index contributed by atoms with van der Waals surface area (Å²) >= 11 is 6.05. The summed E-state index contributed by atoms with van der Waals surface area (Å²) in [7, 11) is 0. The van der Waals surface area contributed by atoms with Gasteiger partial charge in [0.05, 0.1) is 0 Å². The fourth-order valence-electron chi connectivity index (χ4n) is 3.34. The molecular weight excluding hydrogens is 388 g/mol. The first-order valence-corrected chi connectivity index (χ1v) is 10.3. The van der Waals surface area contributed by atoms with Crippen molar-refractivity contribution >= 4 is 23.5 Å². The summed E-state index contributed by atoms with van der Waals surface area (Å²) < 4.78 is 0. The number of nitrogens with one attached hydrogen (secondary N) is 2. The number of hydrogen-bond donors (Lipinski definition) is 2. The van der Waals surface area contributed by atoms with Crippen molar-refractivity contribution in [2.24, 2.45) is 0 Å². The van der Waals surface area contributed by atoms with Crippen LogP contribution in [-0.4, -0.2) is 54.5 Å². The Morgan fingerprint density at radius 3 is 2.31 bits per heavy atom. The monoisotopic (exact) mass is 414 g/mol. The van der Waals surface area contributed by atoms with Crippen LogP contribution in [0, 0.1) is 0 Å². The van der Waals surface area contributed by atoms with Crippen LogP contribution >= 0.6 is 11.6 Å². The molecule has 7 heteroatoms. The summed E-state index contributed by atoms with van der Waals surface area (Å²) in [5, 5.41) is 5.86. The number of rotatable bonds is 7. The maximum Gasteiger partial charge on any atom is 0.321 e. The Balaban J connectivity index is 1.30. The lowest BCUT2D eigenvalue weighted by molar-refractivity contribution is -0.120. The summed E-state index contributed by atoms with van der Waals surface area (Å²) in [6.45, 7) is 5.66. The van der Waals surface area contributed by atoms with E-state index < -0.39 is 6.03 Å². The predicted octanol–water partition coefficient (Wildman–Crippen LogP) is 2.87. The van der Waals surface area contributed by atoms with Gasteiger partial charge in [-0.15, -0.1) is 0 Å². The quantitative estimate of drug-likeness (QED) is 0.731. The lowest BCUT2D eigenvalue weighted by atomic mass is 10.2. The SMILES string of the molecule is O=C(CCN1CCN(Cc2cccc(Cl)c2)CC1)NC(=O)NCc1ccccc1. The molecule has 1 aliphatic rings. The molecule has 6 nitrogen and oxygen atoms in total. The van der Waals surface area contributed by atoms with Crippen LogP contribution < -0.4 is 10.6 Å². The normalized spacial score (nSPS) is 15.1. The van der Waals surface area contributed by atoms with Crippen LogP contribution in [0.3, 0.4) is 0 Å². The molecule has 2 aromatic carbocycles. The molecule has 0 aliphatic carbocycles. The Morgan fingerprint density at radius 2 is 1.59 bits per heavy atom. The highest BCUT2D eigenvalue weighted by molar-refractivity contribution is 6.30. The summed E-state index contributed by atoms with van der Waals surface area (Å²) in [5.74, 6) is -0.253. The van der Waals surface area contributed by atoms with Crippen LogP contribution in [-0.2, 0) is 17.9 Å². The van der Waals surface area contributed by atoms with Crippen molar-refractivity contribution in [3.05, 3.63) is 70.7 Å². The van der Waals surface area contributed by atoms with Crippen molar-refractivity contribution in [3.8, 4) is 0 Å². The minimum atomic E-state index is -0.454. The third-order valence-electron chi connectivity index (χ3n) is 4.96. The molecule has 2 N–H and O–H groups in total. The van der Waals surface area contributed by atoms with Crippen LogP contribution in [0.4, 0.5) is 4.79 Å². The minimum Gasteiger partial charge on any atom is -0.334 e. The molecule has 1 saturated heterocycles. The molecular formula is C22H27ClN4O2. The molecule has 1 heterocycles. The molecule has 1 aliphatic heterocycles. The van der Waals surface area contributed by atoms with E-state index in [-0.39, 0.29) is 5.91 Å². The molecule has 0 bridgehead atoms. The van der Waals surface area contributed by atoms with E-state index in [1.165, 1.54) is 5.56 Å². The summed E-state index contributed by atoms with van der Waals surface area (Å²) in [6, 6.07) is 17.1. The van der Waals surface area contributed by atoms with Crippen LogP contribution in [0.1, 0.15) is 17.5 Å². The van der Waals surface area contributed by atoms with E-state index in [0.29, 0.717) is 19.5 Å². The second-order valence-corrected chi connectivity index (χ2v) is 7.65. The number of hydrogen-bond acceptors (Lipinski definition) is 4. The Hall–Kier alpha value is -2.41. The van der Waals surface area contributed by atoms with Gasteiger partial charge in [0.25, 0.3) is 0 Å². The first-order chi connectivity index (χ1) is 14.1. The molecule has 3 amide bonds. The Bertz CT molecular complexity index is 807. The van der Waals surface area contributed by atoms with E-state index in [2.05, 4.69) is 26.5 Å². The van der Waals surface area contributed by atoms with E-state index in [1.807, 2.05) is 48.5 Å². The zero-order valence-electron chi connectivity index (χ0n) is 16.4. The van der Waals surface area contributed by atoms with E-state index >= 15 is 0 Å². The highest BCUT2D eigenvalue weighted by Crippen LogP contribution is 2.14. The zero-order chi connectivity index (χ0) is 20.5. The molecule has 29 heavy (non-hydrogen) atoms. The maximum absolute atomic E-state index is 12.0. The highest BCUT2D eigenvalue weighted by atomic mass is 35.5. The molecule has 0 saturated carbocycles. The first-order valence-electron chi connectivity index (χ1n) is 9.89. The summed E-state index contributed by atoms with van der Waals surface area (Å²) in [6.07, 6.45) is 0.313. The van der Waals surface area contributed by atoms with Crippen molar-refractivity contribution in [1.82, 2.24) is 20.4 Å². The van der Waals surface area contributed by atoms with Gasteiger partial charge in [-0.1, -0.05) is 54.1 Å². The van der Waals surface area contributed by atoms with Gasteiger partial charge < -0.3 is 10.2 Å². The molecule has 0 radical (unpaired) electrons. The maximum atomic E-state index is 12.0. The fourth-order valence-corrected chi connectivity index (χ4v) is 3.55. The number of imide groups is 1. The standard InChI is InChI=1S/C22H27ClN4O2/c23-20-8-4-7-19(15-20)17-27-13-11-26(12-14-27)10-9-21(28)25-22(29)24-16-18-5-2-1-3-6-18/h1-8,15H,9-14,16-17H2,(H2,24,25,28,29). The lowest BCUT2D eigenvalue weighted by Gasteiger charge is -2.34. The Labute approximate surface area is 176 Å². The smallest absolute Gasteiger partial charge is 0.321 e. The van der Waals surface area contributed by atoms with Gasteiger partial charge in [-0.25, -0.2) is 4.79 Å². The molecule has 0 atom stereocenters. The van der Waals surface area contributed by atoms with Crippen molar-refractivity contribution in [2.75, 3.05) is 32.7 Å². The van der Waals surface area contributed by atoms with Crippen molar-refractivity contribution in [3.63, 3.8) is 0 Å². The number of amides is 3. The first kappa shape index (κ1) is 21.3. The van der Waals surface area contributed by atoms with Crippen LogP contribution in [0.15, 0.2) is 54.6 Å². The van der Waals surface area contributed by atoms with Crippen molar-refractivity contribution in [1.29, 1.82) is 0 Å². The molecule has 1 fully saturated rings.